The summed E-state index contributed by atoms with van der Waals surface area (Å²) in [4.78, 5) is 11.5. The van der Waals surface area contributed by atoms with Crippen molar-refractivity contribution in [3.63, 3.8) is 0 Å². The van der Waals surface area contributed by atoms with E-state index in [1.165, 1.54) is 7.11 Å². The summed E-state index contributed by atoms with van der Waals surface area (Å²) < 4.78 is 4.66. The van der Waals surface area contributed by atoms with E-state index in [4.69, 9.17) is 5.26 Å². The number of carbonyl (C=O) groups is 1. The fourth-order valence-corrected chi connectivity index (χ4v) is 1.39. The number of nitriles is 1. The van der Waals surface area contributed by atoms with Gasteiger partial charge < -0.3 is 4.74 Å². The molecule has 84 valence electrons. The number of esters is 1. The predicted molar refractivity (Wildman–Crippen MR) is 61.2 cm³/mol. The second kappa shape index (κ2) is 4.36. The van der Waals surface area contributed by atoms with Crippen LogP contribution in [0.5, 0.6) is 0 Å². The highest BCUT2D eigenvalue weighted by atomic mass is 16.5. The molecule has 0 aliphatic rings. The van der Waals surface area contributed by atoms with Crippen LogP contribution in [0.1, 0.15) is 42.3 Å². The van der Waals surface area contributed by atoms with Gasteiger partial charge in [0.15, 0.2) is 0 Å². The van der Waals surface area contributed by atoms with Gasteiger partial charge in [0.1, 0.15) is 6.07 Å². The van der Waals surface area contributed by atoms with Gasteiger partial charge in [-0.2, -0.15) is 5.26 Å². The minimum Gasteiger partial charge on any atom is -0.465 e. The fraction of sp³-hybridized carbons (Fsp3) is 0.385. The molecule has 0 heterocycles. The Morgan fingerprint density at radius 2 is 2.00 bits per heavy atom. The van der Waals surface area contributed by atoms with E-state index in [1.807, 2.05) is 12.1 Å². The summed E-state index contributed by atoms with van der Waals surface area (Å²) in [5.74, 6) is -0.470. The molecule has 1 rings (SSSR count). The zero-order valence-electron chi connectivity index (χ0n) is 10.00. The number of rotatable bonds is 1. The average Bonchev–Trinajstić information content (AvgIpc) is 2.25. The van der Waals surface area contributed by atoms with Crippen LogP contribution in [0.2, 0.25) is 0 Å². The van der Waals surface area contributed by atoms with E-state index in [0.717, 1.165) is 5.56 Å². The first-order valence-electron chi connectivity index (χ1n) is 5.03. The number of hydrogen-bond donors (Lipinski definition) is 0. The maximum atomic E-state index is 11.5. The van der Waals surface area contributed by atoms with Gasteiger partial charge in [-0.3, -0.25) is 0 Å². The van der Waals surface area contributed by atoms with Gasteiger partial charge in [-0.1, -0.05) is 26.8 Å². The second-order valence-electron chi connectivity index (χ2n) is 4.61. The van der Waals surface area contributed by atoms with Gasteiger partial charge in [0.25, 0.3) is 0 Å². The zero-order chi connectivity index (χ0) is 12.3. The molecule has 0 aromatic heterocycles. The minimum absolute atomic E-state index is 0.0588. The van der Waals surface area contributed by atoms with Gasteiger partial charge in [0.05, 0.1) is 18.2 Å². The van der Waals surface area contributed by atoms with Crippen LogP contribution in [-0.2, 0) is 10.2 Å². The Labute approximate surface area is 95.7 Å². The summed E-state index contributed by atoms with van der Waals surface area (Å²) in [5, 5.41) is 8.90. The molecule has 0 N–H and O–H groups in total. The standard InChI is InChI=1S/C13H15NO2/c1-13(2,3)10-6-5-9(8-14)11(7-10)12(15)16-4/h5-7H,1-4H3. The first kappa shape index (κ1) is 12.3. The monoisotopic (exact) mass is 217 g/mol. The molecule has 0 bridgehead atoms. The van der Waals surface area contributed by atoms with E-state index < -0.39 is 5.97 Å². The Hall–Kier alpha value is -1.82. The van der Waals surface area contributed by atoms with Crippen LogP contribution in [0.3, 0.4) is 0 Å². The molecular weight excluding hydrogens is 202 g/mol. The summed E-state index contributed by atoms with van der Waals surface area (Å²) in [5.41, 5.74) is 1.63. The molecule has 0 saturated heterocycles. The number of methoxy groups -OCH3 is 1. The van der Waals surface area contributed by atoms with Crippen molar-refractivity contribution < 1.29 is 9.53 Å². The highest BCUT2D eigenvalue weighted by molar-refractivity contribution is 5.92. The Morgan fingerprint density at radius 3 is 2.44 bits per heavy atom. The molecule has 1 aromatic carbocycles. The molecule has 0 aliphatic carbocycles. The first-order valence-corrected chi connectivity index (χ1v) is 5.03. The lowest BCUT2D eigenvalue weighted by molar-refractivity contribution is 0.0600. The number of hydrogen-bond acceptors (Lipinski definition) is 3. The van der Waals surface area contributed by atoms with Crippen molar-refractivity contribution in [1.82, 2.24) is 0 Å². The quantitative estimate of drug-likeness (QED) is 0.679. The van der Waals surface area contributed by atoms with Crippen LogP contribution in [0, 0.1) is 11.3 Å². The average molecular weight is 217 g/mol. The highest BCUT2D eigenvalue weighted by Crippen LogP contribution is 2.24. The molecule has 0 atom stereocenters. The normalized spacial score (nSPS) is 10.7. The van der Waals surface area contributed by atoms with Crippen molar-refractivity contribution in [2.75, 3.05) is 7.11 Å². The van der Waals surface area contributed by atoms with Gasteiger partial charge in [-0.15, -0.1) is 0 Å². The van der Waals surface area contributed by atoms with Gasteiger partial charge in [0.2, 0.25) is 0 Å². The van der Waals surface area contributed by atoms with E-state index in [2.05, 4.69) is 25.5 Å². The molecule has 0 amide bonds. The molecule has 0 unspecified atom stereocenters. The number of carbonyl (C=O) groups excluding carboxylic acids is 1. The van der Waals surface area contributed by atoms with Crippen LogP contribution >= 0.6 is 0 Å². The summed E-state index contributed by atoms with van der Waals surface area (Å²) in [6.45, 7) is 6.15. The first-order chi connectivity index (χ1) is 7.40. The number of ether oxygens (including phenoxy) is 1. The van der Waals surface area contributed by atoms with Crippen LogP contribution in [0.15, 0.2) is 18.2 Å². The smallest absolute Gasteiger partial charge is 0.339 e. The fourth-order valence-electron chi connectivity index (χ4n) is 1.39. The van der Waals surface area contributed by atoms with Gasteiger partial charge in [-0.05, 0) is 23.1 Å². The largest absolute Gasteiger partial charge is 0.465 e. The minimum atomic E-state index is -0.470. The Balaban J connectivity index is 3.34. The van der Waals surface area contributed by atoms with Gasteiger partial charge in [0, 0.05) is 0 Å². The summed E-state index contributed by atoms with van der Waals surface area (Å²) in [6.07, 6.45) is 0. The lowest BCUT2D eigenvalue weighted by Gasteiger charge is -2.19. The van der Waals surface area contributed by atoms with Crippen molar-refractivity contribution >= 4 is 5.97 Å². The molecule has 0 fully saturated rings. The van der Waals surface area contributed by atoms with Crippen LogP contribution in [-0.4, -0.2) is 13.1 Å². The lowest BCUT2D eigenvalue weighted by Crippen LogP contribution is -2.13. The van der Waals surface area contributed by atoms with Gasteiger partial charge >= 0.3 is 5.97 Å². The summed E-state index contributed by atoms with van der Waals surface area (Å²) in [6, 6.07) is 7.24. The third kappa shape index (κ3) is 2.40. The van der Waals surface area contributed by atoms with Crippen LogP contribution in [0.25, 0.3) is 0 Å². The summed E-state index contributed by atoms with van der Waals surface area (Å²) >= 11 is 0. The maximum absolute atomic E-state index is 11.5. The molecule has 0 saturated carbocycles. The maximum Gasteiger partial charge on any atom is 0.339 e. The third-order valence-corrected chi connectivity index (χ3v) is 2.41. The molecule has 3 nitrogen and oxygen atoms in total. The lowest BCUT2D eigenvalue weighted by atomic mass is 9.85. The number of nitrogens with zero attached hydrogens (tertiary/aromatic N) is 1. The molecule has 0 radical (unpaired) electrons. The second-order valence-corrected chi connectivity index (χ2v) is 4.61. The Kier molecular flexibility index (Phi) is 3.34. The van der Waals surface area contributed by atoms with Crippen molar-refractivity contribution in [3.8, 4) is 6.07 Å². The molecule has 0 aliphatic heterocycles. The Bertz CT molecular complexity index is 450. The third-order valence-electron chi connectivity index (χ3n) is 2.41. The van der Waals surface area contributed by atoms with Crippen molar-refractivity contribution in [2.45, 2.75) is 26.2 Å². The van der Waals surface area contributed by atoms with E-state index >= 15 is 0 Å². The van der Waals surface area contributed by atoms with Crippen molar-refractivity contribution in [2.24, 2.45) is 0 Å². The van der Waals surface area contributed by atoms with Crippen molar-refractivity contribution in [1.29, 1.82) is 5.26 Å². The molecule has 3 heteroatoms. The predicted octanol–water partition coefficient (Wildman–Crippen LogP) is 2.64. The SMILES string of the molecule is COC(=O)c1cc(C(C)(C)C)ccc1C#N. The highest BCUT2D eigenvalue weighted by Gasteiger charge is 2.18. The van der Waals surface area contributed by atoms with Crippen LogP contribution in [0.4, 0.5) is 0 Å². The Morgan fingerprint density at radius 1 is 1.38 bits per heavy atom. The number of benzene rings is 1. The van der Waals surface area contributed by atoms with Crippen molar-refractivity contribution in [3.05, 3.63) is 34.9 Å². The van der Waals surface area contributed by atoms with Crippen LogP contribution < -0.4 is 0 Å². The summed E-state index contributed by atoms with van der Waals surface area (Å²) in [7, 11) is 1.31. The van der Waals surface area contributed by atoms with Gasteiger partial charge in [-0.25, -0.2) is 4.79 Å². The topological polar surface area (TPSA) is 50.1 Å². The molecule has 1 aromatic rings. The van der Waals surface area contributed by atoms with E-state index in [9.17, 15) is 4.79 Å². The van der Waals surface area contributed by atoms with E-state index in [1.54, 1.807) is 12.1 Å². The van der Waals surface area contributed by atoms with E-state index in [0.29, 0.717) is 11.1 Å². The molecule has 0 spiro atoms. The molecule has 16 heavy (non-hydrogen) atoms. The molecular formula is C13H15NO2. The van der Waals surface area contributed by atoms with E-state index in [-0.39, 0.29) is 5.41 Å². The zero-order valence-corrected chi connectivity index (χ0v) is 10.00.